The molecule has 1 aromatic rings. The highest BCUT2D eigenvalue weighted by Crippen LogP contribution is 2.23. The Balaban J connectivity index is 1.97. The molecule has 1 aliphatic heterocycles. The van der Waals surface area contributed by atoms with Crippen LogP contribution < -0.4 is 5.32 Å². The number of benzene rings is 1. The molecule has 1 fully saturated rings. The molecule has 17 heavy (non-hydrogen) atoms. The van der Waals surface area contributed by atoms with Crippen LogP contribution in [0.25, 0.3) is 0 Å². The van der Waals surface area contributed by atoms with Crippen LogP contribution in [0.4, 0.5) is 10.1 Å². The van der Waals surface area contributed by atoms with Gasteiger partial charge in [0.15, 0.2) is 0 Å². The maximum atomic E-state index is 13.5. The van der Waals surface area contributed by atoms with Crippen molar-refractivity contribution in [3.05, 3.63) is 28.5 Å². The minimum Gasteiger partial charge on any atom is -0.388 e. The summed E-state index contributed by atoms with van der Waals surface area (Å²) in [6.07, 6.45) is 1.16. The average Bonchev–Trinajstić information content (AvgIpc) is 2.29. The molecule has 5 heteroatoms. The Labute approximate surface area is 108 Å². The molecule has 1 aromatic carbocycles. The highest BCUT2D eigenvalue weighted by Gasteiger charge is 2.29. The molecule has 2 N–H and O–H groups in total. The van der Waals surface area contributed by atoms with Crippen molar-refractivity contribution in [1.29, 1.82) is 0 Å². The van der Waals surface area contributed by atoms with Crippen molar-refractivity contribution in [2.75, 3.05) is 25.1 Å². The van der Waals surface area contributed by atoms with E-state index in [1.807, 2.05) is 0 Å². The van der Waals surface area contributed by atoms with Crippen molar-refractivity contribution >= 4 is 21.6 Å². The van der Waals surface area contributed by atoms with E-state index in [-0.39, 0.29) is 5.82 Å². The minimum absolute atomic E-state index is 0.324. The van der Waals surface area contributed by atoms with Gasteiger partial charge in [0, 0.05) is 37.1 Å². The number of hydrogen-bond donors (Lipinski definition) is 2. The van der Waals surface area contributed by atoms with Gasteiger partial charge in [-0.1, -0.05) is 15.9 Å². The van der Waals surface area contributed by atoms with Gasteiger partial charge in [0.2, 0.25) is 0 Å². The van der Waals surface area contributed by atoms with Gasteiger partial charge in [0.25, 0.3) is 0 Å². The van der Waals surface area contributed by atoms with Crippen LogP contribution in [0.5, 0.6) is 0 Å². The van der Waals surface area contributed by atoms with E-state index in [0.29, 0.717) is 42.8 Å². The maximum absolute atomic E-state index is 13.5. The SMILES string of the molecule is OC1(CNc2ccc(Br)cc2F)CCOCC1. The fourth-order valence-electron chi connectivity index (χ4n) is 1.82. The Hall–Kier alpha value is -0.650. The molecule has 1 saturated heterocycles. The zero-order valence-electron chi connectivity index (χ0n) is 9.38. The van der Waals surface area contributed by atoms with Gasteiger partial charge in [-0.25, -0.2) is 4.39 Å². The largest absolute Gasteiger partial charge is 0.388 e. The van der Waals surface area contributed by atoms with Crippen molar-refractivity contribution in [3.63, 3.8) is 0 Å². The summed E-state index contributed by atoms with van der Waals surface area (Å²) in [5, 5.41) is 13.2. The second-order valence-corrected chi connectivity index (χ2v) is 5.23. The first kappa shape index (κ1) is 12.8. The summed E-state index contributed by atoms with van der Waals surface area (Å²) in [5.41, 5.74) is -0.384. The first-order valence-corrected chi connectivity index (χ1v) is 6.37. The van der Waals surface area contributed by atoms with Crippen molar-refractivity contribution in [1.82, 2.24) is 0 Å². The Bertz CT molecular complexity index is 394. The molecule has 0 saturated carbocycles. The van der Waals surface area contributed by atoms with Crippen LogP contribution in [-0.4, -0.2) is 30.5 Å². The monoisotopic (exact) mass is 303 g/mol. The Morgan fingerprint density at radius 3 is 2.76 bits per heavy atom. The molecule has 0 bridgehead atoms. The van der Waals surface area contributed by atoms with Gasteiger partial charge in [0.05, 0.1) is 11.3 Å². The van der Waals surface area contributed by atoms with Gasteiger partial charge in [-0.05, 0) is 18.2 Å². The van der Waals surface area contributed by atoms with Gasteiger partial charge in [-0.2, -0.15) is 0 Å². The van der Waals surface area contributed by atoms with E-state index in [1.165, 1.54) is 6.07 Å². The fraction of sp³-hybridized carbons (Fsp3) is 0.500. The molecule has 2 rings (SSSR count). The molecule has 0 aromatic heterocycles. The molecule has 0 spiro atoms. The Morgan fingerprint density at radius 2 is 2.12 bits per heavy atom. The first-order valence-electron chi connectivity index (χ1n) is 5.58. The van der Waals surface area contributed by atoms with Crippen LogP contribution in [0.1, 0.15) is 12.8 Å². The van der Waals surface area contributed by atoms with E-state index in [0.717, 1.165) is 0 Å². The standard InChI is InChI=1S/C12H15BrFNO2/c13-9-1-2-11(10(14)7-9)15-8-12(16)3-5-17-6-4-12/h1-2,7,15-16H,3-6,8H2. The number of ether oxygens (including phenoxy) is 1. The molecule has 0 atom stereocenters. The van der Waals surface area contributed by atoms with Crippen LogP contribution in [-0.2, 0) is 4.74 Å². The topological polar surface area (TPSA) is 41.5 Å². The summed E-state index contributed by atoms with van der Waals surface area (Å²) in [7, 11) is 0. The van der Waals surface area contributed by atoms with Gasteiger partial charge in [-0.15, -0.1) is 0 Å². The third-order valence-corrected chi connectivity index (χ3v) is 3.46. The normalized spacial score (nSPS) is 19.0. The second kappa shape index (κ2) is 5.33. The molecule has 0 radical (unpaired) electrons. The van der Waals surface area contributed by atoms with Gasteiger partial charge in [0.1, 0.15) is 5.82 Å². The molecule has 1 heterocycles. The number of aliphatic hydroxyl groups is 1. The van der Waals surface area contributed by atoms with E-state index in [4.69, 9.17) is 4.74 Å². The number of rotatable bonds is 3. The predicted octanol–water partition coefficient (Wildman–Crippen LogP) is 2.54. The van der Waals surface area contributed by atoms with E-state index in [1.54, 1.807) is 12.1 Å². The summed E-state index contributed by atoms with van der Waals surface area (Å²) < 4.78 is 19.4. The number of nitrogens with one attached hydrogen (secondary N) is 1. The van der Waals surface area contributed by atoms with Gasteiger partial charge in [-0.3, -0.25) is 0 Å². The van der Waals surface area contributed by atoms with E-state index in [9.17, 15) is 9.50 Å². The van der Waals surface area contributed by atoms with E-state index >= 15 is 0 Å². The predicted molar refractivity (Wildman–Crippen MR) is 67.6 cm³/mol. The molecular weight excluding hydrogens is 289 g/mol. The Kier molecular flexibility index (Phi) is 4.01. The number of anilines is 1. The third kappa shape index (κ3) is 3.40. The third-order valence-electron chi connectivity index (χ3n) is 2.96. The second-order valence-electron chi connectivity index (χ2n) is 4.31. The van der Waals surface area contributed by atoms with Crippen LogP contribution in [0.3, 0.4) is 0 Å². The zero-order valence-corrected chi connectivity index (χ0v) is 11.0. The summed E-state index contributed by atoms with van der Waals surface area (Å²) in [4.78, 5) is 0. The lowest BCUT2D eigenvalue weighted by Crippen LogP contribution is -2.42. The van der Waals surface area contributed by atoms with Gasteiger partial charge < -0.3 is 15.2 Å². The summed E-state index contributed by atoms with van der Waals surface area (Å²) in [6, 6.07) is 4.82. The van der Waals surface area contributed by atoms with Crippen LogP contribution in [0.2, 0.25) is 0 Å². The summed E-state index contributed by atoms with van der Waals surface area (Å²) >= 11 is 3.20. The molecule has 0 aliphatic carbocycles. The maximum Gasteiger partial charge on any atom is 0.147 e. The molecular formula is C12H15BrFNO2. The first-order chi connectivity index (χ1) is 8.09. The highest BCUT2D eigenvalue weighted by atomic mass is 79.9. The molecule has 1 aliphatic rings. The quantitative estimate of drug-likeness (QED) is 0.902. The minimum atomic E-state index is -0.794. The summed E-state index contributed by atoms with van der Waals surface area (Å²) in [6.45, 7) is 1.46. The van der Waals surface area contributed by atoms with E-state index < -0.39 is 5.60 Å². The number of hydrogen-bond acceptors (Lipinski definition) is 3. The van der Waals surface area contributed by atoms with Crippen LogP contribution >= 0.6 is 15.9 Å². The lowest BCUT2D eigenvalue weighted by Gasteiger charge is -2.32. The smallest absolute Gasteiger partial charge is 0.147 e. The van der Waals surface area contributed by atoms with Crippen LogP contribution in [0.15, 0.2) is 22.7 Å². The van der Waals surface area contributed by atoms with Crippen molar-refractivity contribution in [2.24, 2.45) is 0 Å². The van der Waals surface area contributed by atoms with Crippen molar-refractivity contribution < 1.29 is 14.2 Å². The molecule has 0 unspecified atom stereocenters. The lowest BCUT2D eigenvalue weighted by atomic mass is 9.94. The summed E-state index contributed by atoms with van der Waals surface area (Å²) in [5.74, 6) is -0.324. The molecule has 3 nitrogen and oxygen atoms in total. The lowest BCUT2D eigenvalue weighted by molar-refractivity contribution is -0.0543. The average molecular weight is 304 g/mol. The highest BCUT2D eigenvalue weighted by molar-refractivity contribution is 9.10. The Morgan fingerprint density at radius 1 is 1.41 bits per heavy atom. The van der Waals surface area contributed by atoms with Crippen molar-refractivity contribution in [2.45, 2.75) is 18.4 Å². The van der Waals surface area contributed by atoms with Gasteiger partial charge >= 0.3 is 0 Å². The van der Waals surface area contributed by atoms with Crippen LogP contribution in [0, 0.1) is 5.82 Å². The molecule has 0 amide bonds. The zero-order chi connectivity index (χ0) is 12.3. The molecule has 94 valence electrons. The number of halogens is 2. The van der Waals surface area contributed by atoms with Crippen molar-refractivity contribution in [3.8, 4) is 0 Å². The fourth-order valence-corrected chi connectivity index (χ4v) is 2.15. The van der Waals surface area contributed by atoms with E-state index in [2.05, 4.69) is 21.2 Å².